The highest BCUT2D eigenvalue weighted by Crippen LogP contribution is 2.42. The summed E-state index contributed by atoms with van der Waals surface area (Å²) in [5.74, 6) is -0.0449. The highest BCUT2D eigenvalue weighted by atomic mass is 35.5. The fourth-order valence-electron chi connectivity index (χ4n) is 3.69. The molecule has 27 heavy (non-hydrogen) atoms. The second-order valence-corrected chi connectivity index (χ2v) is 7.43. The Morgan fingerprint density at radius 2 is 1.96 bits per heavy atom. The average molecular weight is 404 g/mol. The van der Waals surface area contributed by atoms with Gasteiger partial charge in [-0.2, -0.15) is 0 Å². The van der Waals surface area contributed by atoms with Crippen LogP contribution in [0.25, 0.3) is 6.08 Å². The van der Waals surface area contributed by atoms with Crippen LogP contribution in [0.1, 0.15) is 54.0 Å². The molecule has 0 aromatic heterocycles. The van der Waals surface area contributed by atoms with E-state index in [4.69, 9.17) is 27.9 Å². The molecule has 0 unspecified atom stereocenters. The number of benzene rings is 2. The SMILES string of the molecule is CCOC(=O)C=Cc1ccc2c(c1)[C@@H](NC)CC[C@H]2c1ccc(Cl)c(Cl)c1. The summed E-state index contributed by atoms with van der Waals surface area (Å²) in [6.45, 7) is 2.17. The predicted octanol–water partition coefficient (Wildman–Crippen LogP) is 5.76. The monoisotopic (exact) mass is 403 g/mol. The van der Waals surface area contributed by atoms with E-state index in [0.717, 1.165) is 18.4 Å². The summed E-state index contributed by atoms with van der Waals surface area (Å²) in [5.41, 5.74) is 4.70. The molecule has 3 rings (SSSR count). The molecule has 1 aliphatic carbocycles. The Balaban J connectivity index is 1.95. The number of nitrogens with one attached hydrogen (secondary N) is 1. The smallest absolute Gasteiger partial charge is 0.330 e. The zero-order chi connectivity index (χ0) is 19.4. The maximum Gasteiger partial charge on any atom is 0.330 e. The number of fused-ring (bicyclic) bond motifs is 1. The highest BCUT2D eigenvalue weighted by Gasteiger charge is 2.27. The molecule has 1 N–H and O–H groups in total. The molecule has 0 saturated heterocycles. The maximum absolute atomic E-state index is 11.6. The first-order chi connectivity index (χ1) is 13.0. The van der Waals surface area contributed by atoms with Gasteiger partial charge in [0.2, 0.25) is 0 Å². The number of ether oxygens (including phenoxy) is 1. The van der Waals surface area contributed by atoms with Crippen LogP contribution in [0.4, 0.5) is 0 Å². The van der Waals surface area contributed by atoms with Crippen LogP contribution in [0.5, 0.6) is 0 Å². The minimum absolute atomic E-state index is 0.280. The van der Waals surface area contributed by atoms with E-state index in [9.17, 15) is 4.79 Å². The number of carbonyl (C=O) groups is 1. The molecular weight excluding hydrogens is 381 g/mol. The van der Waals surface area contributed by atoms with Crippen molar-refractivity contribution in [1.29, 1.82) is 0 Å². The molecule has 2 aromatic carbocycles. The summed E-state index contributed by atoms with van der Waals surface area (Å²) in [6, 6.07) is 12.5. The van der Waals surface area contributed by atoms with Gasteiger partial charge in [-0.05, 0) is 73.3 Å². The van der Waals surface area contributed by atoms with Gasteiger partial charge in [0.15, 0.2) is 0 Å². The minimum atomic E-state index is -0.325. The van der Waals surface area contributed by atoms with Crippen LogP contribution in [0, 0.1) is 0 Å². The first-order valence-electron chi connectivity index (χ1n) is 9.14. The minimum Gasteiger partial charge on any atom is -0.463 e. The molecule has 1 aliphatic rings. The zero-order valence-corrected chi connectivity index (χ0v) is 17.0. The Morgan fingerprint density at radius 1 is 1.15 bits per heavy atom. The third-order valence-corrected chi connectivity index (χ3v) is 5.74. The Hall–Kier alpha value is -1.81. The van der Waals surface area contributed by atoms with Crippen LogP contribution >= 0.6 is 23.2 Å². The number of carbonyl (C=O) groups excluding carboxylic acids is 1. The molecule has 0 saturated carbocycles. The Kier molecular flexibility index (Phi) is 6.59. The van der Waals surface area contributed by atoms with Crippen molar-refractivity contribution in [2.75, 3.05) is 13.7 Å². The number of hydrogen-bond donors (Lipinski definition) is 1. The molecule has 0 spiro atoms. The number of halogens is 2. The van der Waals surface area contributed by atoms with Crippen molar-refractivity contribution >= 4 is 35.2 Å². The standard InChI is InChI=1S/C22H23Cl2NO2/c1-3-27-22(26)11-5-14-4-7-17-16(8-10-21(25-2)18(17)12-14)15-6-9-19(23)20(24)13-15/h4-7,9,11-13,16,21,25H,3,8,10H2,1-2H3/t16-,21-/m0/s1. The van der Waals surface area contributed by atoms with Gasteiger partial charge >= 0.3 is 5.97 Å². The number of esters is 1. The Morgan fingerprint density at radius 3 is 2.67 bits per heavy atom. The van der Waals surface area contributed by atoms with Crippen molar-refractivity contribution in [1.82, 2.24) is 5.32 Å². The van der Waals surface area contributed by atoms with Gasteiger partial charge in [-0.15, -0.1) is 0 Å². The van der Waals surface area contributed by atoms with Crippen molar-refractivity contribution in [2.45, 2.75) is 31.7 Å². The van der Waals surface area contributed by atoms with E-state index >= 15 is 0 Å². The van der Waals surface area contributed by atoms with E-state index in [-0.39, 0.29) is 17.9 Å². The van der Waals surface area contributed by atoms with Crippen LogP contribution < -0.4 is 5.32 Å². The van der Waals surface area contributed by atoms with Crippen LogP contribution in [-0.2, 0) is 9.53 Å². The lowest BCUT2D eigenvalue weighted by molar-refractivity contribution is -0.137. The fraction of sp³-hybridized carbons (Fsp3) is 0.318. The molecule has 2 atom stereocenters. The summed E-state index contributed by atoms with van der Waals surface area (Å²) >= 11 is 12.3. The molecule has 3 nitrogen and oxygen atoms in total. The molecule has 142 valence electrons. The lowest BCUT2D eigenvalue weighted by Gasteiger charge is -2.32. The maximum atomic E-state index is 11.6. The third-order valence-electron chi connectivity index (χ3n) is 5.00. The zero-order valence-electron chi connectivity index (χ0n) is 15.5. The van der Waals surface area contributed by atoms with E-state index in [1.165, 1.54) is 22.8 Å². The van der Waals surface area contributed by atoms with Crippen LogP contribution in [0.2, 0.25) is 10.0 Å². The number of hydrogen-bond acceptors (Lipinski definition) is 3. The predicted molar refractivity (Wildman–Crippen MR) is 111 cm³/mol. The summed E-state index contributed by atoms with van der Waals surface area (Å²) in [5, 5.41) is 4.56. The molecule has 0 aliphatic heterocycles. The summed E-state index contributed by atoms with van der Waals surface area (Å²) in [6.07, 6.45) is 5.33. The quantitative estimate of drug-likeness (QED) is 0.509. The largest absolute Gasteiger partial charge is 0.463 e. The third kappa shape index (κ3) is 4.55. The molecule has 0 amide bonds. The van der Waals surface area contributed by atoms with E-state index in [1.54, 1.807) is 13.0 Å². The van der Waals surface area contributed by atoms with Gasteiger partial charge in [-0.25, -0.2) is 4.79 Å². The highest BCUT2D eigenvalue weighted by molar-refractivity contribution is 6.42. The van der Waals surface area contributed by atoms with Crippen molar-refractivity contribution in [3.05, 3.63) is 74.8 Å². The van der Waals surface area contributed by atoms with Gasteiger partial charge in [0.05, 0.1) is 16.7 Å². The Labute approximate surface area is 170 Å². The van der Waals surface area contributed by atoms with E-state index in [0.29, 0.717) is 16.7 Å². The molecule has 0 bridgehead atoms. The molecular formula is C22H23Cl2NO2. The first-order valence-corrected chi connectivity index (χ1v) is 9.90. The van der Waals surface area contributed by atoms with Gasteiger partial charge in [-0.1, -0.05) is 41.4 Å². The van der Waals surface area contributed by atoms with Crippen molar-refractivity contribution in [2.24, 2.45) is 0 Å². The summed E-state index contributed by atoms with van der Waals surface area (Å²) in [4.78, 5) is 11.6. The fourth-order valence-corrected chi connectivity index (χ4v) is 4.00. The molecule has 2 aromatic rings. The van der Waals surface area contributed by atoms with Crippen molar-refractivity contribution in [3.8, 4) is 0 Å². The summed E-state index contributed by atoms with van der Waals surface area (Å²) in [7, 11) is 1.98. The lowest BCUT2D eigenvalue weighted by Crippen LogP contribution is -2.24. The van der Waals surface area contributed by atoms with Crippen LogP contribution in [0.15, 0.2) is 42.5 Å². The van der Waals surface area contributed by atoms with E-state index in [1.807, 2.05) is 25.2 Å². The molecule has 0 radical (unpaired) electrons. The van der Waals surface area contributed by atoms with E-state index < -0.39 is 0 Å². The number of rotatable bonds is 5. The van der Waals surface area contributed by atoms with Gasteiger partial charge in [0, 0.05) is 18.0 Å². The van der Waals surface area contributed by atoms with Gasteiger partial charge in [0.25, 0.3) is 0 Å². The normalized spacial score (nSPS) is 19.1. The van der Waals surface area contributed by atoms with Crippen LogP contribution in [-0.4, -0.2) is 19.6 Å². The van der Waals surface area contributed by atoms with Crippen molar-refractivity contribution < 1.29 is 9.53 Å². The second-order valence-electron chi connectivity index (χ2n) is 6.62. The van der Waals surface area contributed by atoms with Gasteiger partial charge in [-0.3, -0.25) is 0 Å². The molecule has 0 heterocycles. The average Bonchev–Trinajstić information content (AvgIpc) is 2.67. The topological polar surface area (TPSA) is 38.3 Å². The Bertz CT molecular complexity index is 863. The lowest BCUT2D eigenvalue weighted by atomic mass is 9.76. The van der Waals surface area contributed by atoms with Gasteiger partial charge in [0.1, 0.15) is 0 Å². The molecule has 5 heteroatoms. The second kappa shape index (κ2) is 8.92. The van der Waals surface area contributed by atoms with Crippen molar-refractivity contribution in [3.63, 3.8) is 0 Å². The first kappa shape index (κ1) is 19.9. The molecule has 0 fully saturated rings. The van der Waals surface area contributed by atoms with Gasteiger partial charge < -0.3 is 10.1 Å². The summed E-state index contributed by atoms with van der Waals surface area (Å²) < 4.78 is 4.95. The van der Waals surface area contributed by atoms with E-state index in [2.05, 4.69) is 23.5 Å². The van der Waals surface area contributed by atoms with Crippen LogP contribution in [0.3, 0.4) is 0 Å².